The molecule has 2 N–H and O–H groups in total. The van der Waals surface area contributed by atoms with Crippen LogP contribution in [-0.2, 0) is 0 Å². The number of nitrogens with one attached hydrogen (secondary N) is 2. The summed E-state index contributed by atoms with van der Waals surface area (Å²) in [5.74, 6) is 1.12. The number of amides is 2. The maximum atomic E-state index is 12.4. The van der Waals surface area contributed by atoms with Gasteiger partial charge in [-0.2, -0.15) is 0 Å². The van der Waals surface area contributed by atoms with Crippen LogP contribution in [0, 0.1) is 6.92 Å². The second-order valence-corrected chi connectivity index (χ2v) is 7.63. The van der Waals surface area contributed by atoms with Gasteiger partial charge in [-0.3, -0.25) is 19.5 Å². The van der Waals surface area contributed by atoms with E-state index in [-0.39, 0.29) is 41.8 Å². The number of methoxy groups -OCH3 is 1. The molecule has 0 radical (unpaired) electrons. The molecule has 8 heteroatoms. The Morgan fingerprint density at radius 3 is 2.34 bits per heavy atom. The van der Waals surface area contributed by atoms with Crippen molar-refractivity contribution in [1.82, 2.24) is 15.5 Å². The Balaban J connectivity index is 0.00000363. The number of ether oxygens (including phenoxy) is 1. The zero-order valence-electron chi connectivity index (χ0n) is 19.0. The minimum absolute atomic E-state index is 0. The summed E-state index contributed by atoms with van der Waals surface area (Å²) in [4.78, 5) is 30.4. The second-order valence-electron chi connectivity index (χ2n) is 7.63. The van der Waals surface area contributed by atoms with Crippen molar-refractivity contribution in [3.05, 3.63) is 64.7 Å². The van der Waals surface area contributed by atoms with E-state index in [2.05, 4.69) is 35.5 Å². The quantitative estimate of drug-likeness (QED) is 0.171. The summed E-state index contributed by atoms with van der Waals surface area (Å²) in [7, 11) is 3.40. The molecule has 2 amide bonds. The fraction of sp³-hybridized carbons (Fsp3) is 0.375. The number of imide groups is 1. The average molecular weight is 550 g/mol. The van der Waals surface area contributed by atoms with Gasteiger partial charge in [-0.05, 0) is 44.9 Å². The van der Waals surface area contributed by atoms with Crippen molar-refractivity contribution in [3.8, 4) is 5.75 Å². The van der Waals surface area contributed by atoms with Crippen molar-refractivity contribution in [1.29, 1.82) is 0 Å². The van der Waals surface area contributed by atoms with Crippen LogP contribution < -0.4 is 15.4 Å². The van der Waals surface area contributed by atoms with Crippen LogP contribution in [0.15, 0.2) is 47.5 Å². The summed E-state index contributed by atoms with van der Waals surface area (Å²) < 4.78 is 5.48. The molecule has 1 aliphatic heterocycles. The van der Waals surface area contributed by atoms with Gasteiger partial charge in [0.2, 0.25) is 0 Å². The molecule has 1 atom stereocenters. The van der Waals surface area contributed by atoms with Gasteiger partial charge in [0.1, 0.15) is 5.75 Å². The van der Waals surface area contributed by atoms with Gasteiger partial charge in [0.05, 0.1) is 24.3 Å². The maximum Gasteiger partial charge on any atom is 0.261 e. The molecule has 1 aliphatic rings. The number of aryl methyl sites for hydroxylation is 1. The lowest BCUT2D eigenvalue weighted by molar-refractivity contribution is 0.0652. The maximum absolute atomic E-state index is 12.4. The first-order valence-corrected chi connectivity index (χ1v) is 10.5. The van der Waals surface area contributed by atoms with E-state index in [1.807, 2.05) is 12.1 Å². The zero-order chi connectivity index (χ0) is 22.4. The number of nitrogens with zero attached hydrogens (tertiary/aromatic N) is 2. The Morgan fingerprint density at radius 2 is 1.75 bits per heavy atom. The Kier molecular flexibility index (Phi) is 9.49. The highest BCUT2D eigenvalue weighted by atomic mass is 127. The number of benzene rings is 2. The van der Waals surface area contributed by atoms with Gasteiger partial charge < -0.3 is 15.4 Å². The molecule has 0 spiro atoms. The number of aliphatic imine (C=N–C) groups is 1. The van der Waals surface area contributed by atoms with Gasteiger partial charge in [-0.15, -0.1) is 24.0 Å². The molecule has 2 aromatic carbocycles. The molecule has 1 unspecified atom stereocenters. The molecule has 0 bridgehead atoms. The minimum atomic E-state index is -0.202. The van der Waals surface area contributed by atoms with E-state index in [0.29, 0.717) is 30.2 Å². The topological polar surface area (TPSA) is 83.0 Å². The molecule has 0 aromatic heterocycles. The Hall–Kier alpha value is -2.62. The van der Waals surface area contributed by atoms with Crippen molar-refractivity contribution < 1.29 is 14.3 Å². The molecular weight excluding hydrogens is 519 g/mol. The average Bonchev–Trinajstić information content (AvgIpc) is 3.02. The second kappa shape index (κ2) is 11.8. The fourth-order valence-corrected chi connectivity index (χ4v) is 3.71. The van der Waals surface area contributed by atoms with E-state index in [1.54, 1.807) is 38.4 Å². The van der Waals surface area contributed by atoms with Gasteiger partial charge >= 0.3 is 0 Å². The Morgan fingerprint density at radius 1 is 1.09 bits per heavy atom. The summed E-state index contributed by atoms with van der Waals surface area (Å²) in [6, 6.07) is 13.1. The lowest BCUT2D eigenvalue weighted by Crippen LogP contribution is -2.39. The number of guanidine groups is 1. The number of unbranched alkanes of at least 4 members (excludes halogenated alkanes) is 1. The SMILES string of the molecule is CN=C(NCCCCN1C(=O)c2ccccc2C1=O)NC(C)c1cc(C)ccc1OC.I. The van der Waals surface area contributed by atoms with Crippen molar-refractivity contribution in [3.63, 3.8) is 0 Å². The molecule has 32 heavy (non-hydrogen) atoms. The lowest BCUT2D eigenvalue weighted by atomic mass is 10.0. The van der Waals surface area contributed by atoms with Gasteiger partial charge in [0.15, 0.2) is 5.96 Å². The zero-order valence-corrected chi connectivity index (χ0v) is 21.3. The summed E-state index contributed by atoms with van der Waals surface area (Å²) in [6.45, 7) is 5.21. The first kappa shape index (κ1) is 25.6. The first-order chi connectivity index (χ1) is 15.0. The van der Waals surface area contributed by atoms with Crippen LogP contribution in [-0.4, -0.2) is 49.9 Å². The smallest absolute Gasteiger partial charge is 0.261 e. The number of fused-ring (bicyclic) bond motifs is 1. The van der Waals surface area contributed by atoms with Gasteiger partial charge in [-0.1, -0.05) is 29.8 Å². The predicted molar refractivity (Wildman–Crippen MR) is 137 cm³/mol. The number of hydrogen-bond acceptors (Lipinski definition) is 4. The summed E-state index contributed by atoms with van der Waals surface area (Å²) in [5, 5.41) is 6.68. The molecular formula is C24H31IN4O3. The molecule has 0 aliphatic carbocycles. The van der Waals surface area contributed by atoms with Crippen LogP contribution in [0.4, 0.5) is 0 Å². The number of rotatable bonds is 8. The van der Waals surface area contributed by atoms with E-state index < -0.39 is 0 Å². The van der Waals surface area contributed by atoms with Crippen LogP contribution >= 0.6 is 24.0 Å². The van der Waals surface area contributed by atoms with Gasteiger partial charge in [-0.25, -0.2) is 0 Å². The first-order valence-electron chi connectivity index (χ1n) is 10.5. The van der Waals surface area contributed by atoms with Crippen molar-refractivity contribution >= 4 is 41.8 Å². The minimum Gasteiger partial charge on any atom is -0.496 e. The largest absolute Gasteiger partial charge is 0.496 e. The van der Waals surface area contributed by atoms with Crippen LogP contribution in [0.5, 0.6) is 5.75 Å². The molecule has 1 heterocycles. The van der Waals surface area contributed by atoms with E-state index in [9.17, 15) is 9.59 Å². The highest BCUT2D eigenvalue weighted by Gasteiger charge is 2.34. The van der Waals surface area contributed by atoms with Crippen molar-refractivity contribution in [2.75, 3.05) is 27.2 Å². The molecule has 0 saturated carbocycles. The lowest BCUT2D eigenvalue weighted by Gasteiger charge is -2.21. The van der Waals surface area contributed by atoms with Crippen LogP contribution in [0.2, 0.25) is 0 Å². The number of halogens is 1. The van der Waals surface area contributed by atoms with Crippen molar-refractivity contribution in [2.24, 2.45) is 4.99 Å². The normalized spacial score (nSPS) is 14.0. The monoisotopic (exact) mass is 550 g/mol. The number of carbonyl (C=O) groups is 2. The summed E-state index contributed by atoms with van der Waals surface area (Å²) in [5.41, 5.74) is 3.23. The Bertz CT molecular complexity index is 958. The van der Waals surface area contributed by atoms with Crippen LogP contribution in [0.25, 0.3) is 0 Å². The van der Waals surface area contributed by atoms with Crippen molar-refractivity contribution in [2.45, 2.75) is 32.7 Å². The van der Waals surface area contributed by atoms with E-state index in [4.69, 9.17) is 4.74 Å². The third-order valence-corrected chi connectivity index (χ3v) is 5.41. The number of carbonyl (C=O) groups excluding carboxylic acids is 2. The standard InChI is InChI=1S/C24H30N4O3.HI/c1-16-11-12-21(31-4)20(15-16)17(2)27-24(25-3)26-13-7-8-14-28-22(29)18-9-5-6-10-19(18)23(28)30;/h5-6,9-12,15,17H,7-8,13-14H2,1-4H3,(H2,25,26,27);1H. The molecule has 3 rings (SSSR count). The van der Waals surface area contributed by atoms with Crippen LogP contribution in [0.3, 0.4) is 0 Å². The van der Waals surface area contributed by atoms with E-state index >= 15 is 0 Å². The predicted octanol–water partition coefficient (Wildman–Crippen LogP) is 3.92. The molecule has 2 aromatic rings. The summed E-state index contributed by atoms with van der Waals surface area (Å²) >= 11 is 0. The Labute approximate surface area is 206 Å². The molecule has 172 valence electrons. The van der Waals surface area contributed by atoms with Gasteiger partial charge in [0, 0.05) is 25.7 Å². The van der Waals surface area contributed by atoms with E-state index in [0.717, 1.165) is 24.2 Å². The van der Waals surface area contributed by atoms with E-state index in [1.165, 1.54) is 10.5 Å². The fourth-order valence-electron chi connectivity index (χ4n) is 3.71. The third-order valence-electron chi connectivity index (χ3n) is 5.41. The molecule has 0 saturated heterocycles. The highest BCUT2D eigenvalue weighted by Crippen LogP contribution is 2.26. The third kappa shape index (κ3) is 5.79. The van der Waals surface area contributed by atoms with Gasteiger partial charge in [0.25, 0.3) is 11.8 Å². The highest BCUT2D eigenvalue weighted by molar-refractivity contribution is 14.0. The molecule has 0 fully saturated rings. The number of hydrogen-bond donors (Lipinski definition) is 2. The summed E-state index contributed by atoms with van der Waals surface area (Å²) in [6.07, 6.45) is 1.52. The van der Waals surface area contributed by atoms with Crippen LogP contribution in [0.1, 0.15) is 57.7 Å². The molecule has 7 nitrogen and oxygen atoms in total.